The van der Waals surface area contributed by atoms with E-state index in [0.717, 1.165) is 59.8 Å². The van der Waals surface area contributed by atoms with Crippen LogP contribution < -0.4 is 10.2 Å². The average Bonchev–Trinajstić information content (AvgIpc) is 3.19. The Morgan fingerprint density at radius 3 is 2.26 bits per heavy atom. The maximum absolute atomic E-state index is 13.3. The third kappa shape index (κ3) is 5.68. The number of aliphatic imine (C=N–C) groups is 1. The lowest BCUT2D eigenvalue weighted by atomic mass is 9.82. The summed E-state index contributed by atoms with van der Waals surface area (Å²) in [6, 6.07) is 3.82. The summed E-state index contributed by atoms with van der Waals surface area (Å²) in [7, 11) is -3.51. The number of amidine groups is 1. The second-order valence-electron chi connectivity index (χ2n) is 12.0. The van der Waals surface area contributed by atoms with Crippen LogP contribution in [0.1, 0.15) is 75.0 Å². The average molecular weight is 557 g/mol. The minimum Gasteiger partial charge on any atom is -0.312 e. The largest absolute Gasteiger partial charge is 0.312 e. The smallest absolute Gasteiger partial charge is 0.253 e. The van der Waals surface area contributed by atoms with Crippen molar-refractivity contribution in [2.45, 2.75) is 84.1 Å². The van der Waals surface area contributed by atoms with Crippen LogP contribution in [-0.4, -0.2) is 67.1 Å². The third-order valence-corrected chi connectivity index (χ3v) is 11.1. The Labute approximate surface area is 231 Å². The van der Waals surface area contributed by atoms with Crippen molar-refractivity contribution in [2.24, 2.45) is 16.8 Å². The van der Waals surface area contributed by atoms with Gasteiger partial charge >= 0.3 is 0 Å². The van der Waals surface area contributed by atoms with E-state index in [-0.39, 0.29) is 29.8 Å². The van der Waals surface area contributed by atoms with E-state index in [1.54, 1.807) is 4.90 Å². The molecule has 4 aliphatic rings. The van der Waals surface area contributed by atoms with Gasteiger partial charge in [-0.3, -0.25) is 19.4 Å². The summed E-state index contributed by atoms with van der Waals surface area (Å²) in [5.74, 6) is 1.53. The van der Waals surface area contributed by atoms with Gasteiger partial charge in [-0.1, -0.05) is 19.8 Å². The van der Waals surface area contributed by atoms with Crippen LogP contribution in [0.25, 0.3) is 0 Å². The molecule has 0 aromatic heterocycles. The lowest BCUT2D eigenvalue weighted by molar-refractivity contribution is -0.128. The highest BCUT2D eigenvalue weighted by Gasteiger charge is 2.48. The topological polar surface area (TPSA) is 116 Å². The molecule has 1 aromatic rings. The Balaban J connectivity index is 1.21. The van der Waals surface area contributed by atoms with E-state index in [2.05, 4.69) is 12.2 Å². The van der Waals surface area contributed by atoms with Crippen molar-refractivity contribution in [3.63, 3.8) is 0 Å². The summed E-state index contributed by atoms with van der Waals surface area (Å²) in [4.78, 5) is 43.4. The molecule has 1 aliphatic carbocycles. The van der Waals surface area contributed by atoms with Gasteiger partial charge in [0.1, 0.15) is 17.2 Å². The Kier molecular flexibility index (Phi) is 7.72. The number of benzene rings is 1. The summed E-state index contributed by atoms with van der Waals surface area (Å²) in [5, 5.41) is 3.05. The number of anilines is 1. The number of nitrogens with zero attached hydrogens (tertiary/aromatic N) is 3. The molecule has 1 aromatic carbocycles. The minimum absolute atomic E-state index is 0.0147. The van der Waals surface area contributed by atoms with E-state index >= 15 is 0 Å². The van der Waals surface area contributed by atoms with Crippen LogP contribution in [-0.2, 0) is 30.8 Å². The van der Waals surface area contributed by atoms with Crippen LogP contribution >= 0.6 is 0 Å². The second kappa shape index (κ2) is 10.8. The molecule has 2 saturated heterocycles. The van der Waals surface area contributed by atoms with Gasteiger partial charge in [0.2, 0.25) is 15.9 Å². The molecule has 212 valence electrons. The van der Waals surface area contributed by atoms with Crippen molar-refractivity contribution >= 4 is 39.1 Å². The van der Waals surface area contributed by atoms with Gasteiger partial charge in [0, 0.05) is 37.7 Å². The summed E-state index contributed by atoms with van der Waals surface area (Å²) in [6.07, 6.45) is 5.87. The second-order valence-corrected chi connectivity index (χ2v) is 14.1. The summed E-state index contributed by atoms with van der Waals surface area (Å²) in [6.45, 7) is 7.10. The van der Waals surface area contributed by atoms with Gasteiger partial charge in [-0.05, 0) is 80.7 Å². The van der Waals surface area contributed by atoms with Gasteiger partial charge in [0.15, 0.2) is 0 Å². The lowest BCUT2D eigenvalue weighted by Gasteiger charge is -2.35. The van der Waals surface area contributed by atoms with Crippen LogP contribution in [0.3, 0.4) is 0 Å². The first-order valence-electron chi connectivity index (χ1n) is 14.3. The highest BCUT2D eigenvalue weighted by atomic mass is 32.2. The Hall–Kier alpha value is -2.59. The zero-order valence-corrected chi connectivity index (χ0v) is 24.1. The fourth-order valence-electron chi connectivity index (χ4n) is 6.61. The molecule has 1 spiro atoms. The number of hydrogen-bond donors (Lipinski definition) is 1. The SMILES string of the molecule is Cc1cc(N2CCC(=O)CC2=O)cc(C)c1CCS(=O)(=O)N1CCC2(CC1)N=C(C1CCC(C)CC1)NC2=O. The molecule has 10 heteroatoms. The number of carbonyl (C=O) groups is 3. The van der Waals surface area contributed by atoms with Gasteiger partial charge in [0.25, 0.3) is 5.91 Å². The quantitative estimate of drug-likeness (QED) is 0.541. The first kappa shape index (κ1) is 28.0. The number of amides is 2. The molecule has 3 fully saturated rings. The maximum atomic E-state index is 13.3. The normalized spacial score (nSPS) is 26.2. The summed E-state index contributed by atoms with van der Waals surface area (Å²) >= 11 is 0. The molecule has 1 N–H and O–H groups in total. The summed E-state index contributed by atoms with van der Waals surface area (Å²) in [5.41, 5.74) is 2.76. The molecule has 9 nitrogen and oxygen atoms in total. The van der Waals surface area contributed by atoms with E-state index in [4.69, 9.17) is 4.99 Å². The highest BCUT2D eigenvalue weighted by Crippen LogP contribution is 2.36. The maximum Gasteiger partial charge on any atom is 0.253 e. The molecule has 3 aliphatic heterocycles. The van der Waals surface area contributed by atoms with Crippen LogP contribution in [0.15, 0.2) is 17.1 Å². The summed E-state index contributed by atoms with van der Waals surface area (Å²) < 4.78 is 28.1. The first-order chi connectivity index (χ1) is 18.5. The molecule has 39 heavy (non-hydrogen) atoms. The standard InChI is InChI=1S/C29H40N4O5S/c1-19-4-6-22(7-5-19)27-30-28(36)29(31-27)10-13-32(14-11-29)39(37,38)15-9-25-20(2)16-23(17-21(25)3)33-12-8-24(34)18-26(33)35/h16-17,19,22H,4-15,18H2,1-3H3,(H,30,31,36). The minimum atomic E-state index is -3.51. The molecular formula is C29H40N4O5S. The predicted octanol–water partition coefficient (Wildman–Crippen LogP) is 3.06. The number of carbonyl (C=O) groups excluding carboxylic acids is 3. The molecule has 2 amide bonds. The third-order valence-electron chi connectivity index (χ3n) is 9.21. The molecule has 0 unspecified atom stereocenters. The first-order valence-corrected chi connectivity index (χ1v) is 15.9. The fraction of sp³-hybridized carbons (Fsp3) is 0.655. The molecule has 3 heterocycles. The van der Waals surface area contributed by atoms with E-state index in [9.17, 15) is 22.8 Å². The van der Waals surface area contributed by atoms with Crippen LogP contribution in [0.4, 0.5) is 5.69 Å². The van der Waals surface area contributed by atoms with E-state index in [0.29, 0.717) is 51.2 Å². The Morgan fingerprint density at radius 1 is 1.00 bits per heavy atom. The van der Waals surface area contributed by atoms with Crippen LogP contribution in [0, 0.1) is 25.7 Å². The van der Waals surface area contributed by atoms with Crippen molar-refractivity contribution in [2.75, 3.05) is 30.3 Å². The van der Waals surface area contributed by atoms with Crippen LogP contribution in [0.5, 0.6) is 0 Å². The van der Waals surface area contributed by atoms with Gasteiger partial charge in [-0.25, -0.2) is 12.7 Å². The van der Waals surface area contributed by atoms with Crippen molar-refractivity contribution in [1.29, 1.82) is 0 Å². The van der Waals surface area contributed by atoms with E-state index in [1.165, 1.54) is 4.31 Å². The Morgan fingerprint density at radius 2 is 1.64 bits per heavy atom. The Bertz CT molecular complexity index is 1280. The number of aryl methyl sites for hydroxylation is 2. The predicted molar refractivity (Wildman–Crippen MR) is 150 cm³/mol. The number of hydrogen-bond acceptors (Lipinski definition) is 6. The molecule has 0 atom stereocenters. The fourth-order valence-corrected chi connectivity index (χ4v) is 8.07. The van der Waals surface area contributed by atoms with Crippen molar-refractivity contribution in [3.05, 3.63) is 28.8 Å². The van der Waals surface area contributed by atoms with Crippen molar-refractivity contribution in [1.82, 2.24) is 9.62 Å². The molecule has 5 rings (SSSR count). The van der Waals surface area contributed by atoms with Gasteiger partial charge < -0.3 is 10.2 Å². The van der Waals surface area contributed by atoms with Crippen molar-refractivity contribution in [3.8, 4) is 0 Å². The molecule has 0 radical (unpaired) electrons. The van der Waals surface area contributed by atoms with Gasteiger partial charge in [-0.2, -0.15) is 0 Å². The number of sulfonamides is 1. The lowest BCUT2D eigenvalue weighted by Crippen LogP contribution is -2.51. The molecule has 0 bridgehead atoms. The highest BCUT2D eigenvalue weighted by molar-refractivity contribution is 7.89. The molecule has 1 saturated carbocycles. The zero-order valence-electron chi connectivity index (χ0n) is 23.3. The monoisotopic (exact) mass is 556 g/mol. The molecular weight excluding hydrogens is 516 g/mol. The van der Waals surface area contributed by atoms with E-state index < -0.39 is 15.6 Å². The van der Waals surface area contributed by atoms with Gasteiger partial charge in [0.05, 0.1) is 12.2 Å². The number of piperidine rings is 2. The van der Waals surface area contributed by atoms with Crippen molar-refractivity contribution < 1.29 is 22.8 Å². The number of Topliss-reactive ketones (excluding diaryl/α,β-unsaturated/α-hetero) is 1. The van der Waals surface area contributed by atoms with Gasteiger partial charge in [-0.15, -0.1) is 0 Å². The number of nitrogens with one attached hydrogen (secondary N) is 1. The van der Waals surface area contributed by atoms with E-state index in [1.807, 2.05) is 26.0 Å². The van der Waals surface area contributed by atoms with Crippen LogP contribution in [0.2, 0.25) is 0 Å². The zero-order chi connectivity index (χ0) is 27.9. The number of ketones is 1. The number of rotatable bonds is 6.